The van der Waals surface area contributed by atoms with Crippen LogP contribution >= 0.6 is 23.2 Å². The number of benzene rings is 3. The number of ether oxygens (including phenoxy) is 1. The van der Waals surface area contributed by atoms with Crippen LogP contribution in [0.2, 0.25) is 10.0 Å². The quantitative estimate of drug-likeness (QED) is 0.134. The zero-order valence-electron chi connectivity index (χ0n) is 24.3. The van der Waals surface area contributed by atoms with Gasteiger partial charge in [-0.3, -0.25) is 4.79 Å². The first-order chi connectivity index (χ1) is 21.9. The molecule has 7 nitrogen and oxygen atoms in total. The predicted octanol–water partition coefficient (Wildman–Crippen LogP) is 7.51. The van der Waals surface area contributed by atoms with E-state index in [1.807, 2.05) is 0 Å². The lowest BCUT2D eigenvalue weighted by Crippen LogP contribution is -2.23. The molecule has 0 spiro atoms. The van der Waals surface area contributed by atoms with E-state index in [2.05, 4.69) is 9.97 Å². The number of aryl methyl sites for hydroxylation is 1. The minimum absolute atomic E-state index is 0.0294. The van der Waals surface area contributed by atoms with Crippen molar-refractivity contribution in [3.8, 4) is 11.3 Å². The maximum atomic E-state index is 14.8. The van der Waals surface area contributed by atoms with Crippen LogP contribution in [-0.2, 0) is 27.7 Å². The second-order valence-corrected chi connectivity index (χ2v) is 13.3. The summed E-state index contributed by atoms with van der Waals surface area (Å²) in [4.78, 5) is 21.0. The lowest BCUT2D eigenvalue weighted by Gasteiger charge is -2.19. The van der Waals surface area contributed by atoms with Gasteiger partial charge in [-0.25, -0.2) is 31.6 Å². The van der Waals surface area contributed by atoms with E-state index < -0.39 is 49.9 Å². The van der Waals surface area contributed by atoms with E-state index in [-0.39, 0.29) is 41.4 Å². The minimum atomic E-state index is -4.11. The largest absolute Gasteiger partial charge is 0.369 e. The van der Waals surface area contributed by atoms with Gasteiger partial charge in [0.15, 0.2) is 5.82 Å². The molecule has 0 N–H and O–H groups in total. The van der Waals surface area contributed by atoms with Gasteiger partial charge in [-0.05, 0) is 54.8 Å². The Morgan fingerprint density at radius 1 is 0.891 bits per heavy atom. The van der Waals surface area contributed by atoms with Gasteiger partial charge in [0.2, 0.25) is 15.0 Å². The number of pyridine rings is 1. The summed E-state index contributed by atoms with van der Waals surface area (Å²) in [6, 6.07) is 19.2. The van der Waals surface area contributed by atoms with Gasteiger partial charge in [-0.2, -0.15) is 0 Å². The molecule has 2 heterocycles. The average molecular weight is 689 g/mol. The van der Waals surface area contributed by atoms with Crippen molar-refractivity contribution in [1.29, 1.82) is 0 Å². The fourth-order valence-corrected chi connectivity index (χ4v) is 6.26. The van der Waals surface area contributed by atoms with Crippen molar-refractivity contribution >= 4 is 33.0 Å². The van der Waals surface area contributed by atoms with Gasteiger partial charge >= 0.3 is 0 Å². The maximum Gasteiger partial charge on any atom is 0.286 e. The smallest absolute Gasteiger partial charge is 0.286 e. The normalized spacial score (nSPS) is 12.3. The minimum Gasteiger partial charge on any atom is -0.369 e. The van der Waals surface area contributed by atoms with Crippen LogP contribution in [-0.4, -0.2) is 28.7 Å². The van der Waals surface area contributed by atoms with E-state index in [0.29, 0.717) is 21.8 Å². The SMILES string of the molecule is Cc1cc(-c2cc(F)c(=O)n(Cc3ccc(Cl)c(Cl)c3)c2)nc(S(=O)(=O)CCC(OCc2ccc(F)cc2F)c2ccccc2)n1. The van der Waals surface area contributed by atoms with Crippen molar-refractivity contribution in [2.24, 2.45) is 0 Å². The molecule has 0 aliphatic carbocycles. The molecule has 46 heavy (non-hydrogen) atoms. The topological polar surface area (TPSA) is 91.2 Å². The van der Waals surface area contributed by atoms with Gasteiger partial charge in [0, 0.05) is 29.1 Å². The second-order valence-electron chi connectivity index (χ2n) is 10.5. The number of nitrogens with zero attached hydrogens (tertiary/aromatic N) is 3. The molecule has 0 radical (unpaired) electrons. The number of sulfone groups is 1. The lowest BCUT2D eigenvalue weighted by atomic mass is 10.1. The van der Waals surface area contributed by atoms with E-state index in [1.165, 1.54) is 18.3 Å². The third-order valence-corrected chi connectivity index (χ3v) is 9.31. The number of rotatable bonds is 11. The highest BCUT2D eigenvalue weighted by molar-refractivity contribution is 7.91. The second kappa shape index (κ2) is 14.2. The molecule has 13 heteroatoms. The van der Waals surface area contributed by atoms with Crippen LogP contribution in [0.1, 0.15) is 34.9 Å². The Hall–Kier alpha value is -4.03. The van der Waals surface area contributed by atoms with Crippen LogP contribution in [0.3, 0.4) is 0 Å². The fraction of sp³-hybridized carbons (Fsp3) is 0.182. The highest BCUT2D eigenvalue weighted by atomic mass is 35.5. The first-order valence-electron chi connectivity index (χ1n) is 13.9. The van der Waals surface area contributed by atoms with Crippen LogP contribution in [0.4, 0.5) is 13.2 Å². The Labute approximate surface area is 273 Å². The van der Waals surface area contributed by atoms with E-state index in [4.69, 9.17) is 27.9 Å². The van der Waals surface area contributed by atoms with Crippen molar-refractivity contribution in [3.63, 3.8) is 0 Å². The molecule has 0 saturated heterocycles. The van der Waals surface area contributed by atoms with Crippen LogP contribution in [0, 0.1) is 24.4 Å². The summed E-state index contributed by atoms with van der Waals surface area (Å²) in [5.74, 6) is -3.00. The molecular weight excluding hydrogens is 662 g/mol. The van der Waals surface area contributed by atoms with Crippen LogP contribution in [0.15, 0.2) is 95.0 Å². The van der Waals surface area contributed by atoms with E-state index in [1.54, 1.807) is 55.5 Å². The summed E-state index contributed by atoms with van der Waals surface area (Å²) in [5, 5.41) is 0.112. The molecule has 3 aromatic carbocycles. The Morgan fingerprint density at radius 2 is 1.65 bits per heavy atom. The van der Waals surface area contributed by atoms with Crippen molar-refractivity contribution in [2.45, 2.75) is 37.8 Å². The molecule has 0 bridgehead atoms. The zero-order chi connectivity index (χ0) is 33.0. The number of aromatic nitrogens is 3. The summed E-state index contributed by atoms with van der Waals surface area (Å²) in [6.07, 6.45) is 0.578. The molecule has 0 aliphatic rings. The van der Waals surface area contributed by atoms with Gasteiger partial charge in [-0.1, -0.05) is 65.7 Å². The average Bonchev–Trinajstić information content (AvgIpc) is 3.02. The number of hydrogen-bond acceptors (Lipinski definition) is 6. The van der Waals surface area contributed by atoms with Gasteiger partial charge < -0.3 is 9.30 Å². The third-order valence-electron chi connectivity index (χ3n) is 7.06. The van der Waals surface area contributed by atoms with Gasteiger partial charge in [0.05, 0.1) is 40.7 Å². The van der Waals surface area contributed by atoms with Gasteiger partial charge in [0.25, 0.3) is 5.56 Å². The van der Waals surface area contributed by atoms with Crippen LogP contribution in [0.25, 0.3) is 11.3 Å². The summed E-state index contributed by atoms with van der Waals surface area (Å²) >= 11 is 12.1. The fourth-order valence-electron chi connectivity index (χ4n) is 4.72. The first-order valence-corrected chi connectivity index (χ1v) is 16.3. The molecule has 1 unspecified atom stereocenters. The Kier molecular flexibility index (Phi) is 10.3. The number of halogens is 5. The maximum absolute atomic E-state index is 14.8. The molecule has 1 atom stereocenters. The van der Waals surface area contributed by atoms with E-state index >= 15 is 0 Å². The zero-order valence-corrected chi connectivity index (χ0v) is 26.6. The molecule has 2 aromatic heterocycles. The standard InChI is InChI=1S/C33H26Cl2F3N3O4S/c1-20-13-30(24-15-29(38)32(42)41(18-24)17-21-7-10-26(34)27(35)14-21)40-33(39-20)46(43,44)12-11-31(22-5-3-2-4-6-22)45-19-23-8-9-25(36)16-28(23)37/h2-10,13-16,18,31H,11-12,17,19H2,1H3. The molecule has 238 valence electrons. The monoisotopic (exact) mass is 687 g/mol. The highest BCUT2D eigenvalue weighted by Crippen LogP contribution is 2.27. The van der Waals surface area contributed by atoms with E-state index in [0.717, 1.165) is 22.8 Å². The summed E-state index contributed by atoms with van der Waals surface area (Å²) in [5.41, 5.74) is 1.03. The van der Waals surface area contributed by atoms with Crippen LogP contribution in [0.5, 0.6) is 0 Å². The van der Waals surface area contributed by atoms with Crippen LogP contribution < -0.4 is 5.56 Å². The summed E-state index contributed by atoms with van der Waals surface area (Å²) < 4.78 is 76.5. The van der Waals surface area contributed by atoms with Gasteiger partial charge in [0.1, 0.15) is 11.6 Å². The summed E-state index contributed by atoms with van der Waals surface area (Å²) in [7, 11) is -4.11. The van der Waals surface area contributed by atoms with Crippen molar-refractivity contribution < 1.29 is 26.3 Å². The summed E-state index contributed by atoms with van der Waals surface area (Å²) in [6.45, 7) is 1.32. The lowest BCUT2D eigenvalue weighted by molar-refractivity contribution is 0.0360. The number of hydrogen-bond donors (Lipinski definition) is 0. The molecule has 5 rings (SSSR count). The van der Waals surface area contributed by atoms with E-state index in [9.17, 15) is 26.4 Å². The Bertz CT molecular complexity index is 2060. The molecule has 0 aliphatic heterocycles. The molecule has 0 fully saturated rings. The van der Waals surface area contributed by atoms with Crippen molar-refractivity contribution in [2.75, 3.05) is 5.75 Å². The van der Waals surface area contributed by atoms with Crippen molar-refractivity contribution in [1.82, 2.24) is 14.5 Å². The molecule has 5 aromatic rings. The molecular formula is C33H26Cl2F3N3O4S. The van der Waals surface area contributed by atoms with Gasteiger partial charge in [-0.15, -0.1) is 0 Å². The molecule has 0 amide bonds. The Morgan fingerprint density at radius 3 is 2.37 bits per heavy atom. The third kappa shape index (κ3) is 8.03. The predicted molar refractivity (Wildman–Crippen MR) is 169 cm³/mol. The van der Waals surface area contributed by atoms with Crippen molar-refractivity contribution in [3.05, 3.63) is 145 Å². The first kappa shape index (κ1) is 33.3. The highest BCUT2D eigenvalue weighted by Gasteiger charge is 2.24. The molecule has 0 saturated carbocycles. The Balaban J connectivity index is 1.40.